The molecule has 1 fully saturated rings. The van der Waals surface area contributed by atoms with Crippen molar-refractivity contribution in [2.24, 2.45) is 7.05 Å². The van der Waals surface area contributed by atoms with Crippen LogP contribution in [0.25, 0.3) is 0 Å². The molecule has 2 atom stereocenters. The molecule has 1 aromatic heterocycles. The van der Waals surface area contributed by atoms with Crippen molar-refractivity contribution in [2.75, 3.05) is 5.32 Å². The number of aryl methyl sites for hydroxylation is 2. The molecule has 0 unspecified atom stereocenters. The first kappa shape index (κ1) is 10.0. The second kappa shape index (κ2) is 3.56. The van der Waals surface area contributed by atoms with Crippen molar-refractivity contribution in [1.82, 2.24) is 9.78 Å². The molecule has 0 radical (unpaired) electrons. The molecule has 0 saturated carbocycles. The zero-order valence-corrected chi connectivity index (χ0v) is 9.15. The fourth-order valence-electron chi connectivity index (χ4n) is 1.68. The summed E-state index contributed by atoms with van der Waals surface area (Å²) in [6, 6.07) is 1.66. The Bertz CT molecular complexity index is 367. The van der Waals surface area contributed by atoms with E-state index in [-0.39, 0.29) is 18.1 Å². The number of esters is 1. The smallest absolute Gasteiger partial charge is 0.329 e. The van der Waals surface area contributed by atoms with Crippen molar-refractivity contribution in [3.63, 3.8) is 0 Å². The molecule has 0 bridgehead atoms. The largest absolute Gasteiger partial charge is 0.461 e. The highest BCUT2D eigenvalue weighted by Crippen LogP contribution is 2.18. The maximum absolute atomic E-state index is 11.4. The number of nitrogens with zero attached hydrogens (tertiary/aromatic N) is 2. The van der Waals surface area contributed by atoms with Gasteiger partial charge in [-0.3, -0.25) is 4.68 Å². The lowest BCUT2D eigenvalue weighted by molar-refractivity contribution is -0.141. The summed E-state index contributed by atoms with van der Waals surface area (Å²) in [6.07, 6.45) is 0.703. The summed E-state index contributed by atoms with van der Waals surface area (Å²) in [5, 5.41) is 7.31. The van der Waals surface area contributed by atoms with E-state index < -0.39 is 0 Å². The summed E-state index contributed by atoms with van der Waals surface area (Å²) in [6.45, 7) is 3.86. The molecule has 5 nitrogen and oxygen atoms in total. The number of carbonyl (C=O) groups is 1. The molecular formula is C10H15N3O2. The molecule has 0 aromatic carbocycles. The number of carbonyl (C=O) groups excluding carboxylic acids is 1. The molecule has 1 aromatic rings. The summed E-state index contributed by atoms with van der Waals surface area (Å²) in [7, 11) is 1.87. The zero-order chi connectivity index (χ0) is 11.0. The monoisotopic (exact) mass is 209 g/mol. The van der Waals surface area contributed by atoms with E-state index in [1.54, 1.807) is 4.68 Å². The van der Waals surface area contributed by atoms with Gasteiger partial charge in [0.05, 0.1) is 0 Å². The molecule has 2 heterocycles. The van der Waals surface area contributed by atoms with Crippen molar-refractivity contribution in [1.29, 1.82) is 0 Å². The van der Waals surface area contributed by atoms with Crippen molar-refractivity contribution >= 4 is 11.8 Å². The van der Waals surface area contributed by atoms with Gasteiger partial charge in [-0.05, 0) is 13.8 Å². The number of nitrogens with one attached hydrogen (secondary N) is 1. The summed E-state index contributed by atoms with van der Waals surface area (Å²) in [5.74, 6) is 0.539. The highest BCUT2D eigenvalue weighted by molar-refractivity contribution is 5.80. The summed E-state index contributed by atoms with van der Waals surface area (Å²) in [4.78, 5) is 11.4. The molecule has 0 spiro atoms. The van der Waals surface area contributed by atoms with Gasteiger partial charge in [0.1, 0.15) is 18.0 Å². The number of hydrogen-bond donors (Lipinski definition) is 1. The molecule has 1 saturated heterocycles. The first-order valence-corrected chi connectivity index (χ1v) is 5.04. The molecule has 1 aliphatic heterocycles. The lowest BCUT2D eigenvalue weighted by Gasteiger charge is -2.05. The third-order valence-electron chi connectivity index (χ3n) is 2.61. The van der Waals surface area contributed by atoms with Crippen LogP contribution < -0.4 is 5.32 Å². The van der Waals surface area contributed by atoms with Gasteiger partial charge in [0.2, 0.25) is 0 Å². The first-order chi connectivity index (χ1) is 7.06. The standard InChI is InChI=1S/C10H15N3O2/c1-6-4-9(12-13(6)3)11-8-5-7(2)15-10(8)14/h4,7-8H,5H2,1-3H3,(H,11,12)/t7-,8-/m1/s1. The van der Waals surface area contributed by atoms with E-state index in [1.165, 1.54) is 0 Å². The molecular weight excluding hydrogens is 194 g/mol. The van der Waals surface area contributed by atoms with E-state index in [2.05, 4.69) is 10.4 Å². The Balaban J connectivity index is 2.06. The van der Waals surface area contributed by atoms with E-state index in [1.807, 2.05) is 27.0 Å². The molecule has 2 rings (SSSR count). The van der Waals surface area contributed by atoms with Gasteiger partial charge in [0.25, 0.3) is 0 Å². The number of aromatic nitrogens is 2. The van der Waals surface area contributed by atoms with Crippen LogP contribution in [-0.2, 0) is 16.6 Å². The minimum Gasteiger partial charge on any atom is -0.461 e. The number of anilines is 1. The van der Waals surface area contributed by atoms with Gasteiger partial charge in [-0.15, -0.1) is 0 Å². The third-order valence-corrected chi connectivity index (χ3v) is 2.61. The lowest BCUT2D eigenvalue weighted by atomic mass is 10.2. The maximum atomic E-state index is 11.4. The molecule has 0 aliphatic carbocycles. The van der Waals surface area contributed by atoms with Crippen molar-refractivity contribution in [2.45, 2.75) is 32.4 Å². The Morgan fingerprint density at radius 3 is 2.87 bits per heavy atom. The second-order valence-electron chi connectivity index (χ2n) is 3.97. The van der Waals surface area contributed by atoms with Gasteiger partial charge in [0.15, 0.2) is 0 Å². The van der Waals surface area contributed by atoms with Crippen molar-refractivity contribution in [3.8, 4) is 0 Å². The normalized spacial score (nSPS) is 25.4. The van der Waals surface area contributed by atoms with Gasteiger partial charge in [0, 0.05) is 25.2 Å². The highest BCUT2D eigenvalue weighted by Gasteiger charge is 2.32. The van der Waals surface area contributed by atoms with Gasteiger partial charge in [-0.2, -0.15) is 5.10 Å². The van der Waals surface area contributed by atoms with Gasteiger partial charge < -0.3 is 10.1 Å². The predicted octanol–water partition coefficient (Wildman–Crippen LogP) is 0.844. The van der Waals surface area contributed by atoms with Crippen LogP contribution in [0, 0.1) is 6.92 Å². The molecule has 5 heteroatoms. The average Bonchev–Trinajstić information content (AvgIpc) is 2.59. The van der Waals surface area contributed by atoms with Gasteiger partial charge in [-0.25, -0.2) is 4.79 Å². The Labute approximate surface area is 88.4 Å². The number of ether oxygens (including phenoxy) is 1. The summed E-state index contributed by atoms with van der Waals surface area (Å²) >= 11 is 0. The zero-order valence-electron chi connectivity index (χ0n) is 9.15. The van der Waals surface area contributed by atoms with E-state index >= 15 is 0 Å². The summed E-state index contributed by atoms with van der Waals surface area (Å²) < 4.78 is 6.82. The predicted molar refractivity (Wildman–Crippen MR) is 55.5 cm³/mol. The van der Waals surface area contributed by atoms with Crippen LogP contribution in [0.5, 0.6) is 0 Å². The van der Waals surface area contributed by atoms with Crippen LogP contribution in [0.2, 0.25) is 0 Å². The van der Waals surface area contributed by atoms with Crippen molar-refractivity contribution < 1.29 is 9.53 Å². The maximum Gasteiger partial charge on any atom is 0.329 e. The van der Waals surface area contributed by atoms with Crippen LogP contribution in [0.15, 0.2) is 6.07 Å². The average molecular weight is 209 g/mol. The molecule has 1 N–H and O–H groups in total. The number of cyclic esters (lactones) is 1. The molecule has 15 heavy (non-hydrogen) atoms. The van der Waals surface area contributed by atoms with E-state index in [0.717, 1.165) is 11.5 Å². The Morgan fingerprint density at radius 2 is 2.40 bits per heavy atom. The van der Waals surface area contributed by atoms with Crippen LogP contribution in [0.4, 0.5) is 5.82 Å². The van der Waals surface area contributed by atoms with Crippen LogP contribution in [0.3, 0.4) is 0 Å². The van der Waals surface area contributed by atoms with Crippen molar-refractivity contribution in [3.05, 3.63) is 11.8 Å². The number of rotatable bonds is 2. The minimum atomic E-state index is -0.255. The molecule has 1 aliphatic rings. The minimum absolute atomic E-state index is 0.000177. The van der Waals surface area contributed by atoms with Crippen LogP contribution in [-0.4, -0.2) is 27.9 Å². The Kier molecular flexibility index (Phi) is 2.38. The van der Waals surface area contributed by atoms with Crippen LogP contribution >= 0.6 is 0 Å². The quantitative estimate of drug-likeness (QED) is 0.733. The SMILES string of the molecule is Cc1cc(N[C@@H]2C[C@@H](C)OC2=O)nn1C. The first-order valence-electron chi connectivity index (χ1n) is 5.04. The summed E-state index contributed by atoms with van der Waals surface area (Å²) in [5.41, 5.74) is 1.05. The van der Waals surface area contributed by atoms with E-state index in [0.29, 0.717) is 6.42 Å². The Morgan fingerprint density at radius 1 is 1.67 bits per heavy atom. The fourth-order valence-corrected chi connectivity index (χ4v) is 1.68. The Hall–Kier alpha value is -1.52. The van der Waals surface area contributed by atoms with Gasteiger partial charge in [-0.1, -0.05) is 0 Å². The number of hydrogen-bond acceptors (Lipinski definition) is 4. The van der Waals surface area contributed by atoms with E-state index in [9.17, 15) is 4.79 Å². The fraction of sp³-hybridized carbons (Fsp3) is 0.600. The molecule has 0 amide bonds. The molecule has 82 valence electrons. The van der Waals surface area contributed by atoms with Crippen LogP contribution in [0.1, 0.15) is 19.0 Å². The third kappa shape index (κ3) is 1.95. The van der Waals surface area contributed by atoms with Gasteiger partial charge >= 0.3 is 5.97 Å². The highest BCUT2D eigenvalue weighted by atomic mass is 16.6. The topological polar surface area (TPSA) is 56.1 Å². The van der Waals surface area contributed by atoms with E-state index in [4.69, 9.17) is 4.74 Å². The lowest BCUT2D eigenvalue weighted by Crippen LogP contribution is -2.24. The second-order valence-corrected chi connectivity index (χ2v) is 3.97.